The highest BCUT2D eigenvalue weighted by Gasteiger charge is 2.30. The zero-order valence-corrected chi connectivity index (χ0v) is 11.7. The number of aromatic nitrogens is 1. The van der Waals surface area contributed by atoms with E-state index in [2.05, 4.69) is 16.0 Å². The highest BCUT2D eigenvalue weighted by molar-refractivity contribution is 6.18. The first-order valence-electron chi connectivity index (χ1n) is 6.59. The number of fused-ring (bicyclic) bond motifs is 1. The summed E-state index contributed by atoms with van der Waals surface area (Å²) in [7, 11) is 1.69. The Morgan fingerprint density at radius 1 is 1.37 bits per heavy atom. The molecule has 1 aromatic heterocycles. The third-order valence-corrected chi connectivity index (χ3v) is 3.70. The van der Waals surface area contributed by atoms with Gasteiger partial charge in [-0.25, -0.2) is 4.98 Å². The van der Waals surface area contributed by atoms with E-state index in [9.17, 15) is 0 Å². The summed E-state index contributed by atoms with van der Waals surface area (Å²) in [6, 6.07) is 8.75. The Hall–Kier alpha value is -1.48. The van der Waals surface area contributed by atoms with Crippen LogP contribution in [-0.2, 0) is 0 Å². The van der Waals surface area contributed by atoms with E-state index < -0.39 is 0 Å². The fourth-order valence-corrected chi connectivity index (χ4v) is 2.62. The van der Waals surface area contributed by atoms with Gasteiger partial charge >= 0.3 is 0 Å². The first kappa shape index (κ1) is 12.5. The van der Waals surface area contributed by atoms with Gasteiger partial charge in [-0.1, -0.05) is 0 Å². The number of methoxy groups -OCH3 is 1. The number of halogens is 1. The summed E-state index contributed by atoms with van der Waals surface area (Å²) in [5.74, 6) is 2.55. The van der Waals surface area contributed by atoms with Gasteiger partial charge in [0, 0.05) is 30.0 Å². The topological polar surface area (TPSA) is 25.4 Å². The van der Waals surface area contributed by atoms with E-state index >= 15 is 0 Å². The summed E-state index contributed by atoms with van der Waals surface area (Å²) in [6.07, 6.45) is 4.34. The van der Waals surface area contributed by atoms with Crippen LogP contribution in [0.3, 0.4) is 0 Å². The summed E-state index contributed by atoms with van der Waals surface area (Å²) in [5.41, 5.74) is 0. The number of ether oxygens (including phenoxy) is 1. The van der Waals surface area contributed by atoms with Gasteiger partial charge in [-0.2, -0.15) is 0 Å². The smallest absolute Gasteiger partial charge is 0.136 e. The van der Waals surface area contributed by atoms with E-state index in [0.29, 0.717) is 11.9 Å². The van der Waals surface area contributed by atoms with Crippen molar-refractivity contribution in [3.63, 3.8) is 0 Å². The van der Waals surface area contributed by atoms with Gasteiger partial charge in [0.1, 0.15) is 11.6 Å². The minimum Gasteiger partial charge on any atom is -0.497 e. The maximum Gasteiger partial charge on any atom is 0.136 e. The molecule has 4 heteroatoms. The Bertz CT molecular complexity index is 583. The van der Waals surface area contributed by atoms with Crippen LogP contribution in [0.1, 0.15) is 12.8 Å². The van der Waals surface area contributed by atoms with Crippen molar-refractivity contribution in [2.45, 2.75) is 18.9 Å². The minimum absolute atomic E-state index is 0.610. The number of anilines is 1. The summed E-state index contributed by atoms with van der Waals surface area (Å²) < 4.78 is 5.27. The van der Waals surface area contributed by atoms with Crippen LogP contribution in [0.4, 0.5) is 5.82 Å². The van der Waals surface area contributed by atoms with Crippen LogP contribution >= 0.6 is 11.6 Å². The largest absolute Gasteiger partial charge is 0.497 e. The predicted octanol–water partition coefficient (Wildman–Crippen LogP) is 3.45. The first-order valence-corrected chi connectivity index (χ1v) is 7.12. The third kappa shape index (κ3) is 2.47. The van der Waals surface area contributed by atoms with Crippen molar-refractivity contribution in [2.75, 3.05) is 24.4 Å². The van der Waals surface area contributed by atoms with Crippen LogP contribution in [0.15, 0.2) is 30.5 Å². The van der Waals surface area contributed by atoms with E-state index in [1.807, 2.05) is 24.4 Å². The maximum absolute atomic E-state index is 5.93. The molecule has 0 bridgehead atoms. The summed E-state index contributed by atoms with van der Waals surface area (Å²) >= 11 is 5.93. The van der Waals surface area contributed by atoms with Crippen LogP contribution in [0.25, 0.3) is 10.8 Å². The predicted molar refractivity (Wildman–Crippen MR) is 79.4 cm³/mol. The summed E-state index contributed by atoms with van der Waals surface area (Å²) in [4.78, 5) is 6.90. The third-order valence-electron chi connectivity index (χ3n) is 3.54. The van der Waals surface area contributed by atoms with Gasteiger partial charge in [-0.3, -0.25) is 0 Å². The molecule has 0 N–H and O–H groups in total. The van der Waals surface area contributed by atoms with Crippen molar-refractivity contribution in [2.24, 2.45) is 0 Å². The van der Waals surface area contributed by atoms with Gasteiger partial charge in [-0.05, 0) is 42.5 Å². The second kappa shape index (κ2) is 5.25. The lowest BCUT2D eigenvalue weighted by Gasteiger charge is -2.23. The summed E-state index contributed by atoms with van der Waals surface area (Å²) in [5, 5.41) is 2.32. The van der Waals surface area contributed by atoms with Gasteiger partial charge < -0.3 is 9.64 Å². The lowest BCUT2D eigenvalue weighted by Crippen LogP contribution is -2.28. The fraction of sp³-hybridized carbons (Fsp3) is 0.400. The van der Waals surface area contributed by atoms with E-state index in [0.717, 1.165) is 23.5 Å². The molecule has 0 unspecified atom stereocenters. The number of pyridine rings is 1. The Morgan fingerprint density at radius 3 is 2.89 bits per heavy atom. The van der Waals surface area contributed by atoms with Crippen LogP contribution in [-0.4, -0.2) is 30.6 Å². The Morgan fingerprint density at radius 2 is 2.21 bits per heavy atom. The van der Waals surface area contributed by atoms with E-state index in [1.165, 1.54) is 18.2 Å². The molecule has 0 amide bonds. The molecule has 19 heavy (non-hydrogen) atoms. The Balaban J connectivity index is 2.06. The molecule has 0 atom stereocenters. The van der Waals surface area contributed by atoms with Gasteiger partial charge in [0.2, 0.25) is 0 Å². The Labute approximate surface area is 118 Å². The molecule has 1 aliphatic rings. The number of hydrogen-bond acceptors (Lipinski definition) is 3. The van der Waals surface area contributed by atoms with Crippen LogP contribution in [0, 0.1) is 0 Å². The van der Waals surface area contributed by atoms with Crippen molar-refractivity contribution in [3.8, 4) is 5.75 Å². The minimum atomic E-state index is 0.610. The molecule has 0 aliphatic heterocycles. The molecule has 3 nitrogen and oxygen atoms in total. The van der Waals surface area contributed by atoms with E-state index in [1.54, 1.807) is 7.11 Å². The normalized spacial score (nSPS) is 14.6. The van der Waals surface area contributed by atoms with Crippen LogP contribution in [0.5, 0.6) is 5.75 Å². The van der Waals surface area contributed by atoms with Crippen LogP contribution in [0.2, 0.25) is 0 Å². The van der Waals surface area contributed by atoms with Crippen molar-refractivity contribution in [1.82, 2.24) is 4.98 Å². The number of alkyl halides is 1. The quantitative estimate of drug-likeness (QED) is 0.782. The lowest BCUT2D eigenvalue weighted by atomic mass is 10.1. The summed E-state index contributed by atoms with van der Waals surface area (Å²) in [6.45, 7) is 0.852. The molecule has 100 valence electrons. The van der Waals surface area contributed by atoms with Gasteiger partial charge in [0.05, 0.1) is 7.11 Å². The van der Waals surface area contributed by atoms with Gasteiger partial charge in [0.15, 0.2) is 0 Å². The zero-order valence-electron chi connectivity index (χ0n) is 11.0. The highest BCUT2D eigenvalue weighted by Crippen LogP contribution is 2.35. The molecule has 1 saturated carbocycles. The maximum atomic E-state index is 5.93. The average molecular weight is 277 g/mol. The molecule has 3 rings (SSSR count). The standard InChI is InChI=1S/C15H17ClN2O/c1-19-13-4-5-14-11(10-13)6-8-17-15(14)18(9-7-16)12-2-3-12/h4-6,8,10,12H,2-3,7,9H2,1H3. The average Bonchev–Trinajstić information content (AvgIpc) is 3.28. The molecule has 0 spiro atoms. The van der Waals surface area contributed by atoms with Crippen molar-refractivity contribution >= 4 is 28.2 Å². The molecule has 1 heterocycles. The number of hydrogen-bond donors (Lipinski definition) is 0. The molecular formula is C15H17ClN2O. The Kier molecular flexibility index (Phi) is 3.47. The number of rotatable bonds is 5. The van der Waals surface area contributed by atoms with Gasteiger partial charge in [0.25, 0.3) is 0 Å². The SMILES string of the molecule is COc1ccc2c(N(CCCl)C3CC3)nccc2c1. The van der Waals surface area contributed by atoms with Crippen LogP contribution < -0.4 is 9.64 Å². The molecule has 0 saturated heterocycles. The zero-order chi connectivity index (χ0) is 13.2. The molecule has 2 aromatic rings. The van der Waals surface area contributed by atoms with Crippen molar-refractivity contribution < 1.29 is 4.74 Å². The lowest BCUT2D eigenvalue weighted by molar-refractivity contribution is 0.415. The van der Waals surface area contributed by atoms with Crippen molar-refractivity contribution in [3.05, 3.63) is 30.5 Å². The monoisotopic (exact) mass is 276 g/mol. The van der Waals surface area contributed by atoms with Crippen molar-refractivity contribution in [1.29, 1.82) is 0 Å². The van der Waals surface area contributed by atoms with E-state index in [4.69, 9.17) is 16.3 Å². The molecule has 0 radical (unpaired) electrons. The molecule has 1 fully saturated rings. The molecule has 1 aromatic carbocycles. The fourth-order valence-electron chi connectivity index (χ4n) is 2.43. The number of benzene rings is 1. The molecular weight excluding hydrogens is 260 g/mol. The number of nitrogens with zero attached hydrogens (tertiary/aromatic N) is 2. The first-order chi connectivity index (χ1) is 9.33. The second-order valence-corrected chi connectivity index (χ2v) is 5.21. The van der Waals surface area contributed by atoms with Gasteiger partial charge in [-0.15, -0.1) is 11.6 Å². The molecule has 1 aliphatic carbocycles. The van der Waals surface area contributed by atoms with E-state index in [-0.39, 0.29) is 0 Å². The highest BCUT2D eigenvalue weighted by atomic mass is 35.5. The second-order valence-electron chi connectivity index (χ2n) is 4.84.